The molecular weight excluding hydrogens is 312 g/mol. The van der Waals surface area contributed by atoms with E-state index in [0.717, 1.165) is 24.6 Å². The molecule has 4 heteroatoms. The van der Waals surface area contributed by atoms with Gasteiger partial charge in [-0.05, 0) is 37.6 Å². The highest BCUT2D eigenvalue weighted by atomic mass is 16.6. The Morgan fingerprint density at radius 2 is 1.72 bits per heavy atom. The summed E-state index contributed by atoms with van der Waals surface area (Å²) in [6.45, 7) is 5.38. The smallest absolute Gasteiger partial charge is 0.165 e. The van der Waals surface area contributed by atoms with E-state index in [2.05, 4.69) is 46.6 Å². The fraction of sp³-hybridized carbons (Fsp3) is 0.429. The first kappa shape index (κ1) is 16.4. The maximum absolute atomic E-state index is 5.82. The molecule has 0 saturated carbocycles. The van der Waals surface area contributed by atoms with Crippen molar-refractivity contribution in [1.82, 2.24) is 10.2 Å². The first-order valence-electron chi connectivity index (χ1n) is 9.29. The molecule has 0 bridgehead atoms. The molecule has 1 fully saturated rings. The summed E-state index contributed by atoms with van der Waals surface area (Å²) in [4.78, 5) is 2.60. The highest BCUT2D eigenvalue weighted by Gasteiger charge is 2.23. The summed E-state index contributed by atoms with van der Waals surface area (Å²) < 4.78 is 11.5. The number of ether oxygens (including phenoxy) is 2. The Morgan fingerprint density at radius 1 is 0.920 bits per heavy atom. The summed E-state index contributed by atoms with van der Waals surface area (Å²) in [6, 6.07) is 17.4. The molecule has 0 aromatic heterocycles. The zero-order valence-corrected chi connectivity index (χ0v) is 14.6. The molecule has 1 unspecified atom stereocenters. The number of nitrogens with one attached hydrogen (secondary N) is 1. The molecule has 4 rings (SSSR count). The second-order valence-corrected chi connectivity index (χ2v) is 6.74. The van der Waals surface area contributed by atoms with Crippen molar-refractivity contribution in [3.05, 3.63) is 59.7 Å². The first-order chi connectivity index (χ1) is 12.4. The molecule has 2 aliphatic rings. The number of para-hydroxylation sites is 1. The average Bonchev–Trinajstić information content (AvgIpc) is 3.20. The Hall–Kier alpha value is -2.04. The van der Waals surface area contributed by atoms with Crippen molar-refractivity contribution in [2.45, 2.75) is 25.4 Å². The lowest BCUT2D eigenvalue weighted by Gasteiger charge is -2.28. The highest BCUT2D eigenvalue weighted by Crippen LogP contribution is 2.33. The monoisotopic (exact) mass is 338 g/mol. The van der Waals surface area contributed by atoms with Gasteiger partial charge in [0.05, 0.1) is 0 Å². The van der Waals surface area contributed by atoms with E-state index < -0.39 is 0 Å². The van der Waals surface area contributed by atoms with Gasteiger partial charge in [-0.2, -0.15) is 0 Å². The zero-order chi connectivity index (χ0) is 16.9. The molecule has 4 nitrogen and oxygen atoms in total. The number of nitrogens with zero attached hydrogens (tertiary/aromatic N) is 1. The van der Waals surface area contributed by atoms with E-state index in [9.17, 15) is 0 Å². The van der Waals surface area contributed by atoms with Crippen LogP contribution in [-0.4, -0.2) is 37.7 Å². The Morgan fingerprint density at radius 3 is 2.56 bits per heavy atom. The van der Waals surface area contributed by atoms with Gasteiger partial charge >= 0.3 is 0 Å². The average molecular weight is 338 g/mol. The fourth-order valence-electron chi connectivity index (χ4n) is 3.80. The molecule has 2 aliphatic heterocycles. The maximum Gasteiger partial charge on any atom is 0.165 e. The second-order valence-electron chi connectivity index (χ2n) is 6.74. The minimum Gasteiger partial charge on any atom is -0.486 e. The Bertz CT molecular complexity index is 684. The molecule has 132 valence electrons. The topological polar surface area (TPSA) is 33.7 Å². The van der Waals surface area contributed by atoms with Crippen molar-refractivity contribution in [1.29, 1.82) is 0 Å². The van der Waals surface area contributed by atoms with Crippen molar-refractivity contribution in [3.8, 4) is 11.5 Å². The number of benzene rings is 2. The van der Waals surface area contributed by atoms with E-state index in [0.29, 0.717) is 19.3 Å². The number of rotatable bonds is 6. The van der Waals surface area contributed by atoms with Crippen LogP contribution in [0.1, 0.15) is 30.0 Å². The third kappa shape index (κ3) is 3.80. The summed E-state index contributed by atoms with van der Waals surface area (Å²) in [7, 11) is 0. The van der Waals surface area contributed by atoms with E-state index in [1.54, 1.807) is 0 Å². The Labute approximate surface area is 149 Å². The molecule has 0 aliphatic carbocycles. The summed E-state index contributed by atoms with van der Waals surface area (Å²) in [5, 5.41) is 3.65. The van der Waals surface area contributed by atoms with Crippen molar-refractivity contribution in [2.75, 3.05) is 32.8 Å². The van der Waals surface area contributed by atoms with Gasteiger partial charge < -0.3 is 14.8 Å². The Balaban J connectivity index is 1.43. The summed E-state index contributed by atoms with van der Waals surface area (Å²) >= 11 is 0. The lowest BCUT2D eigenvalue weighted by atomic mass is 10.1. The quantitative estimate of drug-likeness (QED) is 0.875. The Kier molecular flexibility index (Phi) is 5.19. The predicted octanol–water partition coefficient (Wildman–Crippen LogP) is 3.38. The van der Waals surface area contributed by atoms with Crippen LogP contribution < -0.4 is 14.8 Å². The summed E-state index contributed by atoms with van der Waals surface area (Å²) in [5.74, 6) is 1.77. The normalized spacial score (nSPS) is 18.2. The number of hydrogen-bond acceptors (Lipinski definition) is 4. The predicted molar refractivity (Wildman–Crippen MR) is 99.1 cm³/mol. The number of fused-ring (bicyclic) bond motifs is 1. The molecule has 2 aromatic carbocycles. The van der Waals surface area contributed by atoms with Crippen LogP contribution >= 0.6 is 0 Å². The van der Waals surface area contributed by atoms with E-state index in [1.165, 1.54) is 37.1 Å². The van der Waals surface area contributed by atoms with Crippen LogP contribution in [0.2, 0.25) is 0 Å². The summed E-state index contributed by atoms with van der Waals surface area (Å²) in [6.07, 6.45) is 2.61. The molecule has 2 aromatic rings. The minimum atomic E-state index is 0.431. The third-order valence-electron chi connectivity index (χ3n) is 5.07. The standard InChI is InChI=1S/C21H26N2O2/c1-2-7-17(8-3-1)19(23-11-4-5-12-23)16-22-15-18-9-6-10-20-21(18)25-14-13-24-20/h1-3,6-10,19,22H,4-5,11-16H2. The zero-order valence-electron chi connectivity index (χ0n) is 14.6. The summed E-state index contributed by atoms with van der Waals surface area (Å²) in [5.41, 5.74) is 2.57. The van der Waals surface area contributed by atoms with Gasteiger partial charge in [0.1, 0.15) is 13.2 Å². The van der Waals surface area contributed by atoms with Crippen LogP contribution in [0.5, 0.6) is 11.5 Å². The van der Waals surface area contributed by atoms with Crippen LogP contribution in [0.15, 0.2) is 48.5 Å². The molecule has 0 radical (unpaired) electrons. The van der Waals surface area contributed by atoms with Gasteiger partial charge in [-0.3, -0.25) is 4.90 Å². The molecule has 2 heterocycles. The molecule has 25 heavy (non-hydrogen) atoms. The van der Waals surface area contributed by atoms with E-state index in [-0.39, 0.29) is 0 Å². The van der Waals surface area contributed by atoms with Crippen LogP contribution in [0.4, 0.5) is 0 Å². The molecule has 0 amide bonds. The van der Waals surface area contributed by atoms with Crippen molar-refractivity contribution >= 4 is 0 Å². The number of likely N-dealkylation sites (tertiary alicyclic amines) is 1. The van der Waals surface area contributed by atoms with E-state index in [4.69, 9.17) is 9.47 Å². The largest absolute Gasteiger partial charge is 0.486 e. The number of hydrogen-bond donors (Lipinski definition) is 1. The van der Waals surface area contributed by atoms with Crippen LogP contribution in [0, 0.1) is 0 Å². The van der Waals surface area contributed by atoms with Gasteiger partial charge in [-0.1, -0.05) is 42.5 Å². The van der Waals surface area contributed by atoms with Gasteiger partial charge in [0, 0.05) is 24.7 Å². The van der Waals surface area contributed by atoms with Gasteiger partial charge in [0.2, 0.25) is 0 Å². The van der Waals surface area contributed by atoms with E-state index in [1.807, 2.05) is 12.1 Å². The van der Waals surface area contributed by atoms with Crippen molar-refractivity contribution in [2.24, 2.45) is 0 Å². The third-order valence-corrected chi connectivity index (χ3v) is 5.07. The first-order valence-corrected chi connectivity index (χ1v) is 9.29. The molecule has 1 saturated heterocycles. The van der Waals surface area contributed by atoms with Gasteiger partial charge in [-0.25, -0.2) is 0 Å². The lowest BCUT2D eigenvalue weighted by Crippen LogP contribution is -2.34. The van der Waals surface area contributed by atoms with Gasteiger partial charge in [0.25, 0.3) is 0 Å². The van der Waals surface area contributed by atoms with Gasteiger partial charge in [-0.15, -0.1) is 0 Å². The lowest BCUT2D eigenvalue weighted by molar-refractivity contribution is 0.169. The second kappa shape index (κ2) is 7.89. The molecular formula is C21H26N2O2. The highest BCUT2D eigenvalue weighted by molar-refractivity contribution is 5.47. The van der Waals surface area contributed by atoms with Crippen LogP contribution in [0.25, 0.3) is 0 Å². The molecule has 0 spiro atoms. The van der Waals surface area contributed by atoms with E-state index >= 15 is 0 Å². The van der Waals surface area contributed by atoms with Crippen LogP contribution in [0.3, 0.4) is 0 Å². The van der Waals surface area contributed by atoms with Crippen LogP contribution in [-0.2, 0) is 6.54 Å². The van der Waals surface area contributed by atoms with Gasteiger partial charge in [0.15, 0.2) is 11.5 Å². The SMILES string of the molecule is c1ccc(C(CNCc2cccc3c2OCCO3)N2CCCC2)cc1. The van der Waals surface area contributed by atoms with Crippen molar-refractivity contribution in [3.63, 3.8) is 0 Å². The maximum atomic E-state index is 5.82. The molecule has 1 N–H and O–H groups in total. The molecule has 1 atom stereocenters. The van der Waals surface area contributed by atoms with Crippen molar-refractivity contribution < 1.29 is 9.47 Å². The minimum absolute atomic E-state index is 0.431. The fourth-order valence-corrected chi connectivity index (χ4v) is 3.80.